The monoisotopic (exact) mass is 342 g/mol. The molecule has 1 aliphatic heterocycles. The van der Waals surface area contributed by atoms with Gasteiger partial charge in [-0.25, -0.2) is 0 Å². The maximum Gasteiger partial charge on any atom is 0.273 e. The quantitative estimate of drug-likeness (QED) is 0.598. The number of rotatable bonds is 2. The zero-order valence-electron chi connectivity index (χ0n) is 13.6. The minimum atomic E-state index is -0.444. The Morgan fingerprint density at radius 1 is 1.25 bits per heavy atom. The third-order valence-electron chi connectivity index (χ3n) is 4.22. The van der Waals surface area contributed by atoms with Crippen molar-refractivity contribution < 1.29 is 9.72 Å². The second-order valence-electron chi connectivity index (χ2n) is 5.85. The first kappa shape index (κ1) is 16.5. The average molecular weight is 342 g/mol. The Balaban J connectivity index is 2.05. The Bertz CT molecular complexity index is 807. The first-order valence-corrected chi connectivity index (χ1v) is 8.68. The number of carbonyl (C=O) groups is 1. The predicted octanol–water partition coefficient (Wildman–Crippen LogP) is 4.43. The van der Waals surface area contributed by atoms with Crippen molar-refractivity contribution in [3.05, 3.63) is 63.7 Å². The molecule has 6 heteroatoms. The highest BCUT2D eigenvalue weighted by molar-refractivity contribution is 8.00. The fourth-order valence-electron chi connectivity index (χ4n) is 2.90. The van der Waals surface area contributed by atoms with Crippen LogP contribution in [0.3, 0.4) is 0 Å². The maximum absolute atomic E-state index is 13.1. The molecule has 1 atom stereocenters. The molecular weight excluding hydrogens is 324 g/mol. The van der Waals surface area contributed by atoms with E-state index in [4.69, 9.17) is 0 Å². The van der Waals surface area contributed by atoms with Gasteiger partial charge in [-0.05, 0) is 31.5 Å². The first-order chi connectivity index (χ1) is 11.5. The van der Waals surface area contributed by atoms with E-state index in [-0.39, 0.29) is 11.6 Å². The number of anilines is 1. The van der Waals surface area contributed by atoms with E-state index in [1.807, 2.05) is 24.3 Å². The average Bonchev–Trinajstić information content (AvgIpc) is 2.72. The van der Waals surface area contributed by atoms with Gasteiger partial charge in [-0.1, -0.05) is 25.1 Å². The van der Waals surface area contributed by atoms with Crippen molar-refractivity contribution in [1.29, 1.82) is 0 Å². The molecule has 0 aromatic heterocycles. The zero-order valence-corrected chi connectivity index (χ0v) is 14.4. The van der Waals surface area contributed by atoms with E-state index in [9.17, 15) is 14.9 Å². The lowest BCUT2D eigenvalue weighted by Gasteiger charge is -2.23. The molecule has 0 saturated carbocycles. The van der Waals surface area contributed by atoms with Crippen molar-refractivity contribution in [2.24, 2.45) is 0 Å². The third kappa shape index (κ3) is 3.01. The number of para-hydroxylation sites is 1. The molecule has 3 rings (SSSR count). The molecule has 0 aliphatic carbocycles. The third-order valence-corrected chi connectivity index (χ3v) is 5.46. The number of benzene rings is 2. The summed E-state index contributed by atoms with van der Waals surface area (Å²) in [5, 5.41) is 11.6. The molecule has 1 heterocycles. The maximum atomic E-state index is 13.1. The van der Waals surface area contributed by atoms with E-state index in [0.717, 1.165) is 17.0 Å². The van der Waals surface area contributed by atoms with Gasteiger partial charge in [0.1, 0.15) is 0 Å². The van der Waals surface area contributed by atoms with Gasteiger partial charge in [0.05, 0.1) is 10.6 Å². The summed E-state index contributed by atoms with van der Waals surface area (Å²) < 4.78 is 0. The number of nitrogens with zero attached hydrogens (tertiary/aromatic N) is 2. The van der Waals surface area contributed by atoms with E-state index in [0.29, 0.717) is 22.9 Å². The molecule has 0 radical (unpaired) electrons. The standard InChI is InChI=1S/C18H18N2O3S/c1-12-10-11-19(16-7-3-4-9-17(16)24-12)18(21)14-6-5-8-15(13(14)2)20(22)23/h3-9,12H,10-11H2,1-2H3. The van der Waals surface area contributed by atoms with Crippen molar-refractivity contribution in [2.45, 2.75) is 30.4 Å². The molecule has 2 aromatic carbocycles. The number of amides is 1. The van der Waals surface area contributed by atoms with Gasteiger partial charge >= 0.3 is 0 Å². The number of carbonyl (C=O) groups excluding carboxylic acids is 1. The first-order valence-electron chi connectivity index (χ1n) is 7.80. The van der Waals surface area contributed by atoms with Crippen LogP contribution < -0.4 is 4.90 Å². The van der Waals surface area contributed by atoms with Gasteiger partial charge in [0.25, 0.3) is 11.6 Å². The van der Waals surface area contributed by atoms with E-state index in [2.05, 4.69) is 6.92 Å². The fourth-order valence-corrected chi connectivity index (χ4v) is 4.01. The highest BCUT2D eigenvalue weighted by Crippen LogP contribution is 2.38. The largest absolute Gasteiger partial charge is 0.307 e. The second kappa shape index (κ2) is 6.65. The molecule has 2 aromatic rings. The summed E-state index contributed by atoms with van der Waals surface area (Å²) in [6.45, 7) is 4.38. The van der Waals surface area contributed by atoms with Gasteiger partial charge in [0, 0.05) is 33.9 Å². The van der Waals surface area contributed by atoms with Crippen LogP contribution in [0.25, 0.3) is 0 Å². The van der Waals surface area contributed by atoms with Crippen LogP contribution in [-0.2, 0) is 0 Å². The lowest BCUT2D eigenvalue weighted by molar-refractivity contribution is -0.385. The van der Waals surface area contributed by atoms with Crippen LogP contribution in [0, 0.1) is 17.0 Å². The van der Waals surface area contributed by atoms with Crippen LogP contribution in [0.1, 0.15) is 29.3 Å². The Hall–Kier alpha value is -2.34. The van der Waals surface area contributed by atoms with E-state index < -0.39 is 4.92 Å². The van der Waals surface area contributed by atoms with Crippen LogP contribution in [-0.4, -0.2) is 22.6 Å². The van der Waals surface area contributed by atoms with E-state index in [1.165, 1.54) is 6.07 Å². The van der Waals surface area contributed by atoms with Gasteiger partial charge in [0.15, 0.2) is 0 Å². The summed E-state index contributed by atoms with van der Waals surface area (Å²) in [5.41, 5.74) is 1.66. The Labute approximate surface area is 144 Å². The SMILES string of the molecule is Cc1c(C(=O)N2CCC(C)Sc3ccccc32)cccc1[N+](=O)[O-]. The normalized spacial score (nSPS) is 17.1. The Morgan fingerprint density at radius 3 is 2.75 bits per heavy atom. The van der Waals surface area contributed by atoms with Gasteiger partial charge in [0.2, 0.25) is 0 Å². The van der Waals surface area contributed by atoms with E-state index in [1.54, 1.807) is 35.7 Å². The van der Waals surface area contributed by atoms with Gasteiger partial charge in [-0.2, -0.15) is 0 Å². The van der Waals surface area contributed by atoms with Crippen molar-refractivity contribution in [3.63, 3.8) is 0 Å². The summed E-state index contributed by atoms with van der Waals surface area (Å²) in [6, 6.07) is 12.5. The Kier molecular flexibility index (Phi) is 4.57. The molecular formula is C18H18N2O3S. The highest BCUT2D eigenvalue weighted by Gasteiger charge is 2.27. The zero-order chi connectivity index (χ0) is 17.3. The predicted molar refractivity (Wildman–Crippen MR) is 95.9 cm³/mol. The molecule has 0 spiro atoms. The second-order valence-corrected chi connectivity index (χ2v) is 7.33. The molecule has 0 bridgehead atoms. The van der Waals surface area contributed by atoms with Crippen LogP contribution >= 0.6 is 11.8 Å². The molecule has 1 unspecified atom stereocenters. The summed E-state index contributed by atoms with van der Waals surface area (Å²) in [4.78, 5) is 26.6. The minimum absolute atomic E-state index is 0.0216. The fraction of sp³-hybridized carbons (Fsp3) is 0.278. The topological polar surface area (TPSA) is 63.5 Å². The number of thioether (sulfide) groups is 1. The summed E-state index contributed by atoms with van der Waals surface area (Å²) in [5.74, 6) is -0.182. The molecule has 1 aliphatic rings. The van der Waals surface area contributed by atoms with Crippen molar-refractivity contribution in [1.82, 2.24) is 0 Å². The van der Waals surface area contributed by atoms with Crippen LogP contribution in [0.4, 0.5) is 11.4 Å². The van der Waals surface area contributed by atoms with Crippen LogP contribution in [0.2, 0.25) is 0 Å². The van der Waals surface area contributed by atoms with E-state index >= 15 is 0 Å². The number of hydrogen-bond donors (Lipinski definition) is 0. The summed E-state index contributed by atoms with van der Waals surface area (Å²) in [6.07, 6.45) is 0.874. The Morgan fingerprint density at radius 2 is 2.00 bits per heavy atom. The molecule has 0 saturated heterocycles. The van der Waals surface area contributed by atoms with Gasteiger partial charge < -0.3 is 4.90 Å². The number of hydrogen-bond acceptors (Lipinski definition) is 4. The van der Waals surface area contributed by atoms with Gasteiger partial charge in [-0.3, -0.25) is 14.9 Å². The smallest absolute Gasteiger partial charge is 0.273 e. The van der Waals surface area contributed by atoms with Crippen LogP contribution in [0.15, 0.2) is 47.4 Å². The summed E-state index contributed by atoms with van der Waals surface area (Å²) in [7, 11) is 0. The van der Waals surface area contributed by atoms with Crippen molar-refractivity contribution in [2.75, 3.05) is 11.4 Å². The van der Waals surface area contributed by atoms with Crippen LogP contribution in [0.5, 0.6) is 0 Å². The van der Waals surface area contributed by atoms with Crippen molar-refractivity contribution in [3.8, 4) is 0 Å². The lowest BCUT2D eigenvalue weighted by atomic mass is 10.0. The molecule has 1 amide bonds. The number of nitro benzene ring substituents is 1. The van der Waals surface area contributed by atoms with Crippen molar-refractivity contribution >= 4 is 29.0 Å². The van der Waals surface area contributed by atoms with Gasteiger partial charge in [-0.15, -0.1) is 11.8 Å². The lowest BCUT2D eigenvalue weighted by Crippen LogP contribution is -2.32. The highest BCUT2D eigenvalue weighted by atomic mass is 32.2. The molecule has 124 valence electrons. The molecule has 24 heavy (non-hydrogen) atoms. The summed E-state index contributed by atoms with van der Waals surface area (Å²) >= 11 is 1.76. The minimum Gasteiger partial charge on any atom is -0.307 e. The number of nitro groups is 1. The molecule has 0 fully saturated rings. The number of fused-ring (bicyclic) bond motifs is 1. The molecule has 5 nitrogen and oxygen atoms in total. The molecule has 0 N–H and O–H groups in total.